The van der Waals surface area contributed by atoms with Crippen LogP contribution in [0, 0.1) is 0 Å². The quantitative estimate of drug-likeness (QED) is 0.192. The van der Waals surface area contributed by atoms with Gasteiger partial charge >= 0.3 is 0 Å². The van der Waals surface area contributed by atoms with Crippen LogP contribution in [0.1, 0.15) is 18.1 Å². The molecule has 1 atom stereocenters. The summed E-state index contributed by atoms with van der Waals surface area (Å²) >= 11 is 12.8. The molecular formula is C33H33Cl2N3O5S. The Labute approximate surface area is 268 Å². The van der Waals surface area contributed by atoms with Crippen LogP contribution in [0.15, 0.2) is 108 Å². The van der Waals surface area contributed by atoms with E-state index in [2.05, 4.69) is 5.32 Å². The van der Waals surface area contributed by atoms with Crippen molar-refractivity contribution < 1.29 is 22.7 Å². The zero-order valence-corrected chi connectivity index (χ0v) is 26.6. The third-order valence-electron chi connectivity index (χ3n) is 6.92. The average Bonchev–Trinajstić information content (AvgIpc) is 3.04. The van der Waals surface area contributed by atoms with Crippen molar-refractivity contribution in [2.45, 2.75) is 30.8 Å². The molecule has 1 N–H and O–H groups in total. The third kappa shape index (κ3) is 7.91. The van der Waals surface area contributed by atoms with Crippen LogP contribution in [0.25, 0.3) is 0 Å². The number of nitrogens with one attached hydrogen (secondary N) is 1. The molecule has 11 heteroatoms. The molecule has 0 bridgehead atoms. The zero-order valence-electron chi connectivity index (χ0n) is 24.3. The summed E-state index contributed by atoms with van der Waals surface area (Å²) in [5, 5.41) is 2.94. The van der Waals surface area contributed by atoms with Gasteiger partial charge in [-0.1, -0.05) is 89.9 Å². The highest BCUT2D eigenvalue weighted by Crippen LogP contribution is 2.35. The zero-order chi connectivity index (χ0) is 31.7. The van der Waals surface area contributed by atoms with Crippen molar-refractivity contribution in [2.75, 3.05) is 24.5 Å². The van der Waals surface area contributed by atoms with Crippen molar-refractivity contribution in [3.05, 3.63) is 124 Å². The minimum Gasteiger partial charge on any atom is -0.497 e. The molecule has 8 nitrogen and oxygen atoms in total. The van der Waals surface area contributed by atoms with Gasteiger partial charge in [0.1, 0.15) is 18.3 Å². The highest BCUT2D eigenvalue weighted by molar-refractivity contribution is 7.92. The molecule has 2 amide bonds. The molecule has 0 saturated carbocycles. The van der Waals surface area contributed by atoms with E-state index >= 15 is 0 Å². The van der Waals surface area contributed by atoms with Gasteiger partial charge in [-0.2, -0.15) is 0 Å². The Morgan fingerprint density at radius 2 is 1.50 bits per heavy atom. The van der Waals surface area contributed by atoms with Crippen LogP contribution in [-0.4, -0.2) is 51.4 Å². The largest absolute Gasteiger partial charge is 0.497 e. The number of halogens is 2. The molecule has 0 heterocycles. The summed E-state index contributed by atoms with van der Waals surface area (Å²) in [4.78, 5) is 29.4. The van der Waals surface area contributed by atoms with E-state index in [1.165, 1.54) is 36.3 Å². The molecule has 230 valence electrons. The van der Waals surface area contributed by atoms with Crippen LogP contribution < -0.4 is 14.4 Å². The maximum Gasteiger partial charge on any atom is 0.264 e. The third-order valence-corrected chi connectivity index (χ3v) is 9.50. The monoisotopic (exact) mass is 653 g/mol. The Morgan fingerprint density at radius 3 is 2.16 bits per heavy atom. The average molecular weight is 655 g/mol. The minimum absolute atomic E-state index is 0.00711. The fourth-order valence-corrected chi connectivity index (χ4v) is 6.63. The maximum absolute atomic E-state index is 14.4. The second kappa shape index (κ2) is 15.1. The molecule has 44 heavy (non-hydrogen) atoms. The molecule has 0 aliphatic rings. The van der Waals surface area contributed by atoms with Gasteiger partial charge in [-0.3, -0.25) is 13.9 Å². The fourth-order valence-electron chi connectivity index (χ4n) is 4.73. The summed E-state index contributed by atoms with van der Waals surface area (Å²) in [6, 6.07) is 27.8. The number of carbonyl (C=O) groups excluding carboxylic acids is 2. The Hall–Kier alpha value is -4.05. The summed E-state index contributed by atoms with van der Waals surface area (Å²) < 4.78 is 34.4. The molecule has 4 aromatic rings. The van der Waals surface area contributed by atoms with Crippen LogP contribution in [0.2, 0.25) is 10.0 Å². The molecule has 0 radical (unpaired) electrons. The number of carbonyl (C=O) groups is 2. The Morgan fingerprint density at radius 1 is 0.864 bits per heavy atom. The van der Waals surface area contributed by atoms with E-state index in [9.17, 15) is 18.0 Å². The molecule has 0 fully saturated rings. The second-order valence-corrected chi connectivity index (χ2v) is 12.5. The lowest BCUT2D eigenvalue weighted by Gasteiger charge is -2.34. The van der Waals surface area contributed by atoms with Crippen molar-refractivity contribution in [1.29, 1.82) is 0 Å². The lowest BCUT2D eigenvalue weighted by Crippen LogP contribution is -2.53. The van der Waals surface area contributed by atoms with Crippen LogP contribution in [0.5, 0.6) is 5.75 Å². The van der Waals surface area contributed by atoms with E-state index in [0.717, 1.165) is 9.87 Å². The van der Waals surface area contributed by atoms with Crippen LogP contribution in [0.3, 0.4) is 0 Å². The number of anilines is 1. The van der Waals surface area contributed by atoms with E-state index in [1.54, 1.807) is 49.4 Å². The van der Waals surface area contributed by atoms with Gasteiger partial charge in [0.25, 0.3) is 10.0 Å². The van der Waals surface area contributed by atoms with Gasteiger partial charge in [0.2, 0.25) is 11.8 Å². The first-order valence-electron chi connectivity index (χ1n) is 13.9. The Bertz CT molecular complexity index is 1690. The highest BCUT2D eigenvalue weighted by Gasteiger charge is 2.35. The van der Waals surface area contributed by atoms with Crippen LogP contribution in [-0.2, 0) is 32.6 Å². The van der Waals surface area contributed by atoms with Crippen molar-refractivity contribution in [1.82, 2.24) is 10.2 Å². The lowest BCUT2D eigenvalue weighted by molar-refractivity contribution is -0.140. The van der Waals surface area contributed by atoms with Gasteiger partial charge in [-0.15, -0.1) is 0 Å². The van der Waals surface area contributed by atoms with E-state index in [-0.39, 0.29) is 39.5 Å². The predicted molar refractivity (Wildman–Crippen MR) is 174 cm³/mol. The normalized spacial score (nSPS) is 11.8. The smallest absolute Gasteiger partial charge is 0.264 e. The number of rotatable bonds is 13. The Balaban J connectivity index is 1.83. The molecule has 0 unspecified atom stereocenters. The number of hydrogen-bond acceptors (Lipinski definition) is 5. The number of benzene rings is 4. The second-order valence-electron chi connectivity index (χ2n) is 9.87. The van der Waals surface area contributed by atoms with E-state index < -0.39 is 28.5 Å². The summed E-state index contributed by atoms with van der Waals surface area (Å²) in [6.07, 6.45) is 0.200. The number of likely N-dealkylation sites (N-methyl/N-ethyl adjacent to an activating group) is 1. The van der Waals surface area contributed by atoms with Crippen LogP contribution in [0.4, 0.5) is 5.69 Å². The number of methoxy groups -OCH3 is 1. The van der Waals surface area contributed by atoms with Gasteiger partial charge in [0.15, 0.2) is 0 Å². The molecule has 4 rings (SSSR count). The molecule has 0 aliphatic heterocycles. The first-order valence-corrected chi connectivity index (χ1v) is 16.1. The minimum atomic E-state index is -4.30. The van der Waals surface area contributed by atoms with Gasteiger partial charge in [-0.05, 0) is 54.4 Å². The van der Waals surface area contributed by atoms with Crippen molar-refractivity contribution in [3.63, 3.8) is 0 Å². The number of ether oxygens (including phenoxy) is 1. The van der Waals surface area contributed by atoms with Gasteiger partial charge in [0.05, 0.1) is 27.7 Å². The first-order chi connectivity index (χ1) is 21.1. The van der Waals surface area contributed by atoms with E-state index in [1.807, 2.05) is 36.4 Å². The SMILES string of the molecule is CCNC(=O)[C@@H](Cc1ccccc1)N(Cc1cccc(OC)c1)C(=O)CN(c1cccc(Cl)c1Cl)S(=O)(=O)c1ccccc1. The maximum atomic E-state index is 14.4. The summed E-state index contributed by atoms with van der Waals surface area (Å²) in [5.41, 5.74) is 1.56. The Kier molecular flexibility index (Phi) is 11.3. The summed E-state index contributed by atoms with van der Waals surface area (Å²) in [6.45, 7) is 1.50. The molecular weight excluding hydrogens is 621 g/mol. The number of nitrogens with zero attached hydrogens (tertiary/aromatic N) is 2. The van der Waals surface area contributed by atoms with Crippen LogP contribution >= 0.6 is 23.2 Å². The standard InChI is InChI=1S/C33H33Cl2N3O5S/c1-3-36-33(40)30(21-24-12-6-4-7-13-24)37(22-25-14-10-15-26(20-25)43-2)31(39)23-38(29-19-11-18-28(34)32(29)35)44(41,42)27-16-8-5-9-17-27/h4-20,30H,3,21-23H2,1-2H3,(H,36,40)/t30-/m1/s1. The van der Waals surface area contributed by atoms with Gasteiger partial charge in [-0.25, -0.2) is 8.42 Å². The number of amides is 2. The molecule has 0 spiro atoms. The lowest BCUT2D eigenvalue weighted by atomic mass is 10.0. The highest BCUT2D eigenvalue weighted by atomic mass is 35.5. The van der Waals surface area contributed by atoms with Gasteiger partial charge in [0, 0.05) is 19.5 Å². The van der Waals surface area contributed by atoms with Crippen molar-refractivity contribution >= 4 is 50.7 Å². The molecule has 0 aliphatic carbocycles. The van der Waals surface area contributed by atoms with Crippen molar-refractivity contribution in [2.24, 2.45) is 0 Å². The fraction of sp³-hybridized carbons (Fsp3) is 0.212. The molecule has 4 aromatic carbocycles. The molecule has 0 aromatic heterocycles. The number of sulfonamides is 1. The summed E-state index contributed by atoms with van der Waals surface area (Å²) in [7, 11) is -2.76. The van der Waals surface area contributed by atoms with E-state index in [4.69, 9.17) is 27.9 Å². The molecule has 0 saturated heterocycles. The first kappa shape index (κ1) is 32.9. The topological polar surface area (TPSA) is 96.0 Å². The van der Waals surface area contributed by atoms with Gasteiger partial charge < -0.3 is 15.0 Å². The predicted octanol–water partition coefficient (Wildman–Crippen LogP) is 5.97. The van der Waals surface area contributed by atoms with E-state index in [0.29, 0.717) is 17.9 Å². The number of hydrogen-bond donors (Lipinski definition) is 1. The van der Waals surface area contributed by atoms with Crippen molar-refractivity contribution in [3.8, 4) is 5.75 Å². The summed E-state index contributed by atoms with van der Waals surface area (Å²) in [5.74, 6) is -0.409.